The lowest BCUT2D eigenvalue weighted by Gasteiger charge is -2.09. The van der Waals surface area contributed by atoms with Gasteiger partial charge in [0.05, 0.1) is 15.1 Å². The van der Waals surface area contributed by atoms with Gasteiger partial charge in [-0.1, -0.05) is 6.07 Å². The molecule has 4 heteroatoms. The minimum atomic E-state index is 0.752. The summed E-state index contributed by atoms with van der Waals surface area (Å²) in [5.74, 6) is 1.52. The Kier molecular flexibility index (Phi) is 3.17. The van der Waals surface area contributed by atoms with Crippen molar-refractivity contribution in [1.29, 1.82) is 0 Å². The van der Waals surface area contributed by atoms with Gasteiger partial charge in [0.15, 0.2) is 11.6 Å². The minimum absolute atomic E-state index is 0.752. The molecule has 1 radical (unpaired) electrons. The summed E-state index contributed by atoms with van der Waals surface area (Å²) in [6.07, 6.45) is 2.99. The summed E-state index contributed by atoms with van der Waals surface area (Å²) in [7, 11) is 1.89. The van der Waals surface area contributed by atoms with Crippen molar-refractivity contribution in [3.05, 3.63) is 45.5 Å². The monoisotopic (exact) mass is 328 g/mol. The van der Waals surface area contributed by atoms with Gasteiger partial charge in [0, 0.05) is 13.1 Å². The first-order valence-corrected chi connectivity index (χ1v) is 5.92. The molecule has 0 saturated heterocycles. The molecule has 0 N–H and O–H groups in total. The summed E-state index contributed by atoms with van der Waals surface area (Å²) in [5, 5.41) is 0. The standard InChI is InChI=1S/C11H8Br2NO/c1-14-7-3-6-10(14)15-11-8(12)4-2-5-9(11)13/h2-6H,1H3. The number of ether oxygens (including phenoxy) is 1. The quantitative estimate of drug-likeness (QED) is 0.807. The highest BCUT2D eigenvalue weighted by Gasteiger charge is 2.08. The van der Waals surface area contributed by atoms with Gasteiger partial charge < -0.3 is 9.30 Å². The van der Waals surface area contributed by atoms with Gasteiger partial charge in [0.2, 0.25) is 0 Å². The predicted octanol–water partition coefficient (Wildman–Crippen LogP) is 4.14. The number of halogens is 2. The molecule has 1 heterocycles. The van der Waals surface area contributed by atoms with Crippen molar-refractivity contribution in [1.82, 2.24) is 4.57 Å². The van der Waals surface area contributed by atoms with Crippen LogP contribution in [0.5, 0.6) is 11.6 Å². The van der Waals surface area contributed by atoms with Crippen LogP contribution in [-0.4, -0.2) is 4.57 Å². The largest absolute Gasteiger partial charge is 0.438 e. The number of aromatic nitrogens is 1. The van der Waals surface area contributed by atoms with Crippen LogP contribution in [-0.2, 0) is 7.05 Å². The third kappa shape index (κ3) is 2.26. The van der Waals surface area contributed by atoms with E-state index in [1.165, 1.54) is 0 Å². The van der Waals surface area contributed by atoms with E-state index in [0.717, 1.165) is 20.6 Å². The number of nitrogens with zero attached hydrogens (tertiary/aromatic N) is 1. The second kappa shape index (κ2) is 4.41. The summed E-state index contributed by atoms with van der Waals surface area (Å²) in [6, 6.07) is 9.50. The number of aryl methyl sites for hydroxylation is 1. The summed E-state index contributed by atoms with van der Waals surface area (Å²) < 4.78 is 9.38. The number of para-hydroxylation sites is 1. The fourth-order valence-electron chi connectivity index (χ4n) is 1.18. The van der Waals surface area contributed by atoms with Crippen molar-refractivity contribution >= 4 is 31.9 Å². The molecule has 0 amide bonds. The van der Waals surface area contributed by atoms with Crippen LogP contribution in [0.2, 0.25) is 0 Å². The Morgan fingerprint density at radius 2 is 1.87 bits per heavy atom. The maximum absolute atomic E-state index is 5.75. The van der Waals surface area contributed by atoms with Crippen LogP contribution in [0.25, 0.3) is 0 Å². The van der Waals surface area contributed by atoms with E-state index >= 15 is 0 Å². The normalized spacial score (nSPS) is 10.3. The Hall–Kier alpha value is -0.740. The zero-order valence-electron chi connectivity index (χ0n) is 8.00. The number of hydrogen-bond donors (Lipinski definition) is 0. The van der Waals surface area contributed by atoms with Gasteiger partial charge in [-0.25, -0.2) is 0 Å². The van der Waals surface area contributed by atoms with Crippen LogP contribution in [0.4, 0.5) is 0 Å². The molecule has 77 valence electrons. The van der Waals surface area contributed by atoms with Crippen LogP contribution >= 0.6 is 31.9 Å². The van der Waals surface area contributed by atoms with Crippen LogP contribution in [0.15, 0.2) is 39.3 Å². The molecule has 0 aliphatic carbocycles. The molecular formula is C11H8Br2NO. The fraction of sp³-hybridized carbons (Fsp3) is 0.0909. The van der Waals surface area contributed by atoms with E-state index in [1.54, 1.807) is 4.57 Å². The molecule has 15 heavy (non-hydrogen) atoms. The first-order chi connectivity index (χ1) is 7.18. The number of hydrogen-bond acceptors (Lipinski definition) is 1. The average Bonchev–Trinajstić information content (AvgIpc) is 2.58. The fourth-order valence-corrected chi connectivity index (χ4v) is 2.34. The molecule has 0 unspecified atom stereocenters. The van der Waals surface area contributed by atoms with Crippen molar-refractivity contribution in [2.24, 2.45) is 7.05 Å². The third-order valence-electron chi connectivity index (χ3n) is 1.95. The molecule has 0 atom stereocenters. The number of benzene rings is 1. The molecule has 0 bridgehead atoms. The second-order valence-corrected chi connectivity index (χ2v) is 4.72. The van der Waals surface area contributed by atoms with Gasteiger partial charge in [-0.2, -0.15) is 0 Å². The SMILES string of the molecule is Cn1[c]ccc1Oc1c(Br)cccc1Br. The Morgan fingerprint density at radius 1 is 1.20 bits per heavy atom. The Balaban J connectivity index is 2.36. The van der Waals surface area contributed by atoms with Gasteiger partial charge in [-0.15, -0.1) is 0 Å². The zero-order chi connectivity index (χ0) is 10.8. The molecular weight excluding hydrogens is 322 g/mol. The minimum Gasteiger partial charge on any atom is -0.438 e. The molecule has 0 aliphatic rings. The van der Waals surface area contributed by atoms with Crippen molar-refractivity contribution in [2.45, 2.75) is 0 Å². The third-order valence-corrected chi connectivity index (χ3v) is 3.20. The van der Waals surface area contributed by atoms with Crippen LogP contribution in [0, 0.1) is 6.20 Å². The maximum atomic E-state index is 5.75. The molecule has 2 aromatic rings. The lowest BCUT2D eigenvalue weighted by molar-refractivity contribution is 0.437. The maximum Gasteiger partial charge on any atom is 0.200 e. The molecule has 0 saturated carbocycles. The molecule has 2 nitrogen and oxygen atoms in total. The summed E-state index contributed by atoms with van der Waals surface area (Å²) >= 11 is 6.89. The lowest BCUT2D eigenvalue weighted by Crippen LogP contribution is -1.93. The van der Waals surface area contributed by atoms with E-state index in [-0.39, 0.29) is 0 Å². The van der Waals surface area contributed by atoms with E-state index in [2.05, 4.69) is 38.1 Å². The smallest absolute Gasteiger partial charge is 0.200 e. The molecule has 1 aromatic carbocycles. The van der Waals surface area contributed by atoms with E-state index in [1.807, 2.05) is 37.4 Å². The highest BCUT2D eigenvalue weighted by molar-refractivity contribution is 9.11. The van der Waals surface area contributed by atoms with E-state index in [4.69, 9.17) is 4.74 Å². The van der Waals surface area contributed by atoms with Crippen molar-refractivity contribution in [2.75, 3.05) is 0 Å². The van der Waals surface area contributed by atoms with Gasteiger partial charge in [-0.3, -0.25) is 0 Å². The van der Waals surface area contributed by atoms with E-state index in [9.17, 15) is 0 Å². The lowest BCUT2D eigenvalue weighted by atomic mass is 10.3. The van der Waals surface area contributed by atoms with Crippen LogP contribution in [0.3, 0.4) is 0 Å². The van der Waals surface area contributed by atoms with Crippen molar-refractivity contribution in [3.8, 4) is 11.6 Å². The van der Waals surface area contributed by atoms with Gasteiger partial charge in [0.25, 0.3) is 0 Å². The molecule has 0 spiro atoms. The van der Waals surface area contributed by atoms with Gasteiger partial charge >= 0.3 is 0 Å². The summed E-state index contributed by atoms with van der Waals surface area (Å²) in [5.41, 5.74) is 0. The van der Waals surface area contributed by atoms with E-state index < -0.39 is 0 Å². The zero-order valence-corrected chi connectivity index (χ0v) is 11.2. The highest BCUT2D eigenvalue weighted by Crippen LogP contribution is 2.36. The number of rotatable bonds is 2. The molecule has 1 aromatic heterocycles. The first kappa shape index (κ1) is 10.8. The molecule has 0 aliphatic heterocycles. The molecule has 0 fully saturated rings. The predicted molar refractivity (Wildman–Crippen MR) is 66.2 cm³/mol. The van der Waals surface area contributed by atoms with Crippen LogP contribution < -0.4 is 4.74 Å². The Labute approximate surface area is 105 Å². The second-order valence-electron chi connectivity index (χ2n) is 3.01. The topological polar surface area (TPSA) is 14.2 Å². The summed E-state index contributed by atoms with van der Waals surface area (Å²) in [6.45, 7) is 0. The highest BCUT2D eigenvalue weighted by atomic mass is 79.9. The van der Waals surface area contributed by atoms with E-state index in [0.29, 0.717) is 0 Å². The average molecular weight is 330 g/mol. The Bertz CT molecular complexity index is 459. The Morgan fingerprint density at radius 3 is 2.40 bits per heavy atom. The molecule has 2 rings (SSSR count). The van der Waals surface area contributed by atoms with Crippen molar-refractivity contribution in [3.63, 3.8) is 0 Å². The van der Waals surface area contributed by atoms with Gasteiger partial charge in [-0.05, 0) is 50.1 Å². The first-order valence-electron chi connectivity index (χ1n) is 4.34. The van der Waals surface area contributed by atoms with Crippen molar-refractivity contribution < 1.29 is 4.74 Å². The van der Waals surface area contributed by atoms with Crippen LogP contribution in [0.1, 0.15) is 0 Å². The summed E-state index contributed by atoms with van der Waals surface area (Å²) in [4.78, 5) is 0. The van der Waals surface area contributed by atoms with Gasteiger partial charge in [0.1, 0.15) is 0 Å².